The molecule has 0 aliphatic carbocycles. The molecule has 8 heteroatoms. The van der Waals surface area contributed by atoms with Crippen LogP contribution in [0.5, 0.6) is 0 Å². The number of hydrogen-bond donors (Lipinski definition) is 0. The molecule has 2 heterocycles. The topological polar surface area (TPSA) is 83.7 Å². The van der Waals surface area contributed by atoms with Crippen LogP contribution in [-0.2, 0) is 10.0 Å². The summed E-state index contributed by atoms with van der Waals surface area (Å²) in [5, 5.41) is 0. The first-order chi connectivity index (χ1) is 12.7. The Labute approximate surface area is 160 Å². The number of carbonyl (C=O) groups is 1. The zero-order chi connectivity index (χ0) is 19.8. The van der Waals surface area contributed by atoms with Gasteiger partial charge in [-0.3, -0.25) is 4.79 Å². The first-order valence-corrected chi connectivity index (χ1v) is 10.4. The fraction of sp³-hybridized carbons (Fsp3) is 0.474. The van der Waals surface area contributed by atoms with Crippen molar-refractivity contribution in [2.45, 2.75) is 37.5 Å². The highest BCUT2D eigenvalue weighted by Gasteiger charge is 2.33. The van der Waals surface area contributed by atoms with E-state index in [9.17, 15) is 13.2 Å². The van der Waals surface area contributed by atoms with E-state index in [4.69, 9.17) is 4.42 Å². The Morgan fingerprint density at radius 1 is 1.19 bits per heavy atom. The number of hydrogen-bond acceptors (Lipinski definition) is 5. The van der Waals surface area contributed by atoms with Crippen LogP contribution in [0, 0.1) is 13.8 Å². The van der Waals surface area contributed by atoms with Crippen LogP contribution in [0.1, 0.15) is 46.5 Å². The molecule has 3 rings (SSSR count). The van der Waals surface area contributed by atoms with Crippen LogP contribution in [0.15, 0.2) is 33.6 Å². The maximum Gasteiger partial charge on any atom is 0.275 e. The molecule has 1 fully saturated rings. The molecule has 146 valence electrons. The zero-order valence-corrected chi connectivity index (χ0v) is 16.9. The van der Waals surface area contributed by atoms with Crippen LogP contribution >= 0.6 is 0 Å². The molecule has 1 aliphatic heterocycles. The van der Waals surface area contributed by atoms with E-state index in [1.165, 1.54) is 9.21 Å². The van der Waals surface area contributed by atoms with Gasteiger partial charge in [0.2, 0.25) is 10.0 Å². The first kappa shape index (κ1) is 19.6. The second-order valence-electron chi connectivity index (χ2n) is 7.10. The minimum atomic E-state index is -3.50. The Hall–Kier alpha value is -2.19. The number of carbonyl (C=O) groups excluding carboxylic acids is 1. The van der Waals surface area contributed by atoms with Crippen LogP contribution in [-0.4, -0.2) is 55.7 Å². The molecule has 0 atom stereocenters. The predicted molar refractivity (Wildman–Crippen MR) is 101 cm³/mol. The van der Waals surface area contributed by atoms with Crippen molar-refractivity contribution in [1.82, 2.24) is 14.2 Å². The van der Waals surface area contributed by atoms with Gasteiger partial charge in [-0.2, -0.15) is 4.31 Å². The molecule has 0 radical (unpaired) electrons. The highest BCUT2D eigenvalue weighted by Crippen LogP contribution is 2.32. The summed E-state index contributed by atoms with van der Waals surface area (Å²) in [4.78, 5) is 18.4. The molecule has 0 saturated carbocycles. The summed E-state index contributed by atoms with van der Waals surface area (Å²) in [6.45, 7) is 4.34. The molecule has 0 bridgehead atoms. The standard InChI is InChI=1S/C19H25N3O4S/c1-13-7-5-6-8-16(13)27(24,25)22-11-9-15(10-12-22)18-20-17(14(2)26-18)19(23)21(3)4/h5-8,15H,9-12H2,1-4H3. The fourth-order valence-electron chi connectivity index (χ4n) is 3.33. The Morgan fingerprint density at radius 3 is 2.41 bits per heavy atom. The normalized spacial score (nSPS) is 16.4. The Bertz CT molecular complexity index is 942. The highest BCUT2D eigenvalue weighted by molar-refractivity contribution is 7.89. The number of oxazole rings is 1. The third-order valence-electron chi connectivity index (χ3n) is 4.94. The monoisotopic (exact) mass is 391 g/mol. The van der Waals surface area contributed by atoms with E-state index in [2.05, 4.69) is 4.98 Å². The lowest BCUT2D eigenvalue weighted by molar-refractivity contribution is 0.0821. The molecule has 0 spiro atoms. The van der Waals surface area contributed by atoms with Crippen molar-refractivity contribution >= 4 is 15.9 Å². The minimum absolute atomic E-state index is 0.00994. The molecule has 0 unspecified atom stereocenters. The summed E-state index contributed by atoms with van der Waals surface area (Å²) >= 11 is 0. The number of piperidine rings is 1. The van der Waals surface area contributed by atoms with Crippen LogP contribution in [0.25, 0.3) is 0 Å². The number of sulfonamides is 1. The van der Waals surface area contributed by atoms with Crippen LogP contribution < -0.4 is 0 Å². The smallest absolute Gasteiger partial charge is 0.275 e. The van der Waals surface area contributed by atoms with Gasteiger partial charge in [0.1, 0.15) is 5.76 Å². The SMILES string of the molecule is Cc1ccccc1S(=O)(=O)N1CCC(c2nc(C(=O)N(C)C)c(C)o2)CC1. The van der Waals surface area contributed by atoms with Crippen molar-refractivity contribution in [3.63, 3.8) is 0 Å². The van der Waals surface area contributed by atoms with Gasteiger partial charge in [0.05, 0.1) is 4.90 Å². The zero-order valence-electron chi connectivity index (χ0n) is 16.1. The number of benzene rings is 1. The summed E-state index contributed by atoms with van der Waals surface area (Å²) in [6, 6.07) is 7.02. The second kappa shape index (κ2) is 7.44. The lowest BCUT2D eigenvalue weighted by Crippen LogP contribution is -2.38. The average Bonchev–Trinajstić information content (AvgIpc) is 3.03. The molecule has 0 N–H and O–H groups in total. The second-order valence-corrected chi connectivity index (χ2v) is 9.01. The predicted octanol–water partition coefficient (Wildman–Crippen LogP) is 2.56. The molecule has 1 aromatic heterocycles. The number of aromatic nitrogens is 1. The van der Waals surface area contributed by atoms with E-state index in [1.807, 2.05) is 6.07 Å². The van der Waals surface area contributed by atoms with Crippen molar-refractivity contribution in [1.29, 1.82) is 0 Å². The molecule has 2 aromatic rings. The molecule has 1 aliphatic rings. The van der Waals surface area contributed by atoms with Crippen LogP contribution in [0.4, 0.5) is 0 Å². The average molecular weight is 391 g/mol. The van der Waals surface area contributed by atoms with E-state index in [0.29, 0.717) is 48.2 Å². The van der Waals surface area contributed by atoms with E-state index in [0.717, 1.165) is 5.56 Å². The largest absolute Gasteiger partial charge is 0.445 e. The van der Waals surface area contributed by atoms with E-state index < -0.39 is 10.0 Å². The Balaban J connectivity index is 1.74. The number of aryl methyl sites for hydroxylation is 2. The molecular weight excluding hydrogens is 366 g/mol. The van der Waals surface area contributed by atoms with Gasteiger partial charge < -0.3 is 9.32 Å². The van der Waals surface area contributed by atoms with Gasteiger partial charge in [0.15, 0.2) is 11.6 Å². The maximum atomic E-state index is 12.9. The van der Waals surface area contributed by atoms with Gasteiger partial charge in [-0.1, -0.05) is 18.2 Å². The van der Waals surface area contributed by atoms with Crippen molar-refractivity contribution in [2.75, 3.05) is 27.2 Å². The van der Waals surface area contributed by atoms with Crippen molar-refractivity contribution in [2.24, 2.45) is 0 Å². The van der Waals surface area contributed by atoms with Gasteiger partial charge in [0, 0.05) is 33.1 Å². The van der Waals surface area contributed by atoms with E-state index in [1.54, 1.807) is 46.1 Å². The lowest BCUT2D eigenvalue weighted by atomic mass is 9.98. The summed E-state index contributed by atoms with van der Waals surface area (Å²) in [6.07, 6.45) is 1.22. The summed E-state index contributed by atoms with van der Waals surface area (Å²) < 4.78 is 33.1. The summed E-state index contributed by atoms with van der Waals surface area (Å²) in [7, 11) is -0.161. The first-order valence-electron chi connectivity index (χ1n) is 8.96. The van der Waals surface area contributed by atoms with E-state index >= 15 is 0 Å². The molecule has 1 aromatic carbocycles. The Kier molecular flexibility index (Phi) is 5.39. The summed E-state index contributed by atoms with van der Waals surface area (Å²) in [5.74, 6) is 0.835. The third kappa shape index (κ3) is 3.77. The van der Waals surface area contributed by atoms with Gasteiger partial charge in [-0.25, -0.2) is 13.4 Å². The molecular formula is C19H25N3O4S. The highest BCUT2D eigenvalue weighted by atomic mass is 32.2. The van der Waals surface area contributed by atoms with Crippen molar-refractivity contribution < 1.29 is 17.6 Å². The molecule has 1 amide bonds. The molecule has 27 heavy (non-hydrogen) atoms. The quantitative estimate of drug-likeness (QED) is 0.800. The van der Waals surface area contributed by atoms with Gasteiger partial charge in [-0.05, 0) is 38.3 Å². The van der Waals surface area contributed by atoms with Crippen LogP contribution in [0.2, 0.25) is 0 Å². The van der Waals surface area contributed by atoms with Crippen LogP contribution in [0.3, 0.4) is 0 Å². The fourth-order valence-corrected chi connectivity index (χ4v) is 5.02. The van der Waals surface area contributed by atoms with Gasteiger partial charge in [-0.15, -0.1) is 0 Å². The van der Waals surface area contributed by atoms with E-state index in [-0.39, 0.29) is 11.8 Å². The number of rotatable bonds is 4. The molecule has 1 saturated heterocycles. The Morgan fingerprint density at radius 2 is 1.81 bits per heavy atom. The van der Waals surface area contributed by atoms with Crippen molar-refractivity contribution in [3.8, 4) is 0 Å². The third-order valence-corrected chi connectivity index (χ3v) is 7.00. The maximum absolute atomic E-state index is 12.9. The van der Waals surface area contributed by atoms with Gasteiger partial charge in [0.25, 0.3) is 5.91 Å². The number of nitrogens with zero attached hydrogens (tertiary/aromatic N) is 3. The summed E-state index contributed by atoms with van der Waals surface area (Å²) in [5.41, 5.74) is 1.07. The lowest BCUT2D eigenvalue weighted by Gasteiger charge is -2.30. The minimum Gasteiger partial charge on any atom is -0.445 e. The van der Waals surface area contributed by atoms with Crippen molar-refractivity contribution in [3.05, 3.63) is 47.2 Å². The molecule has 7 nitrogen and oxygen atoms in total. The van der Waals surface area contributed by atoms with Gasteiger partial charge >= 0.3 is 0 Å². The number of amides is 1.